The van der Waals surface area contributed by atoms with Crippen LogP contribution in [0.15, 0.2) is 54.2 Å². The molecular weight excluding hydrogens is 314 g/mol. The van der Waals surface area contributed by atoms with Gasteiger partial charge in [-0.15, -0.1) is 0 Å². The van der Waals surface area contributed by atoms with Gasteiger partial charge in [0.15, 0.2) is 5.78 Å². The molecule has 0 unspecified atom stereocenters. The van der Waals surface area contributed by atoms with Crippen LogP contribution in [0.5, 0.6) is 0 Å². The second kappa shape index (κ2) is 7.93. The lowest BCUT2D eigenvalue weighted by Crippen LogP contribution is -2.15. The largest absolute Gasteiger partial charge is 0.360 e. The highest BCUT2D eigenvalue weighted by molar-refractivity contribution is 6.07. The van der Waals surface area contributed by atoms with Crippen LogP contribution in [-0.4, -0.2) is 11.7 Å². The van der Waals surface area contributed by atoms with Gasteiger partial charge >= 0.3 is 0 Å². The highest BCUT2D eigenvalue weighted by atomic mass is 16.1. The van der Waals surface area contributed by atoms with Crippen LogP contribution < -0.4 is 10.6 Å². The van der Waals surface area contributed by atoms with Crippen molar-refractivity contribution in [1.29, 1.82) is 5.26 Å². The number of hydrogen-bond donors (Lipinski definition) is 2. The molecule has 0 saturated heterocycles. The van der Waals surface area contributed by atoms with Gasteiger partial charge in [0.1, 0.15) is 11.6 Å². The molecule has 2 aromatic rings. The van der Waals surface area contributed by atoms with E-state index in [1.807, 2.05) is 38.1 Å². The summed E-state index contributed by atoms with van der Waals surface area (Å²) in [5.41, 5.74) is 3.79. The minimum absolute atomic E-state index is 0.0594. The molecule has 0 heterocycles. The van der Waals surface area contributed by atoms with Crippen molar-refractivity contribution in [3.05, 3.63) is 70.9 Å². The van der Waals surface area contributed by atoms with E-state index in [0.29, 0.717) is 11.3 Å². The van der Waals surface area contributed by atoms with Gasteiger partial charge in [0.2, 0.25) is 0 Å². The molecule has 126 valence electrons. The molecule has 0 aliphatic carbocycles. The zero-order valence-electron chi connectivity index (χ0n) is 14.4. The summed E-state index contributed by atoms with van der Waals surface area (Å²) in [5, 5.41) is 14.9. The zero-order chi connectivity index (χ0) is 18.4. The first-order valence-corrected chi connectivity index (χ1v) is 7.77. The van der Waals surface area contributed by atoms with E-state index in [1.165, 1.54) is 13.1 Å². The van der Waals surface area contributed by atoms with E-state index in [0.717, 1.165) is 16.8 Å². The number of amides is 1. The molecule has 1 amide bonds. The van der Waals surface area contributed by atoms with E-state index in [4.69, 9.17) is 0 Å². The van der Waals surface area contributed by atoms with E-state index in [9.17, 15) is 14.9 Å². The molecule has 25 heavy (non-hydrogen) atoms. The smallest absolute Gasteiger partial charge is 0.267 e. The average molecular weight is 333 g/mol. The number of para-hydroxylation sites is 1. The Kier molecular flexibility index (Phi) is 5.70. The molecule has 2 aromatic carbocycles. The highest BCUT2D eigenvalue weighted by Gasteiger charge is 2.11. The number of Topliss-reactive ketones (excluding diaryl/α,β-unsaturated/α-hetero) is 1. The Morgan fingerprint density at radius 1 is 1.08 bits per heavy atom. The van der Waals surface area contributed by atoms with E-state index in [1.54, 1.807) is 24.3 Å². The van der Waals surface area contributed by atoms with Crippen molar-refractivity contribution in [1.82, 2.24) is 0 Å². The number of rotatable bonds is 5. The number of carbonyl (C=O) groups is 2. The Labute approximate surface area is 147 Å². The van der Waals surface area contributed by atoms with E-state index in [-0.39, 0.29) is 11.4 Å². The number of nitrogens with one attached hydrogen (secondary N) is 2. The second-order valence-electron chi connectivity index (χ2n) is 5.67. The summed E-state index contributed by atoms with van der Waals surface area (Å²) in [6.07, 6.45) is 1.39. The molecule has 0 aliphatic heterocycles. The topological polar surface area (TPSA) is 82.0 Å². The summed E-state index contributed by atoms with van der Waals surface area (Å²) in [6, 6.07) is 14.3. The fourth-order valence-corrected chi connectivity index (χ4v) is 2.35. The third-order valence-electron chi connectivity index (χ3n) is 3.73. The molecule has 2 rings (SSSR count). The van der Waals surface area contributed by atoms with Crippen LogP contribution in [0.2, 0.25) is 0 Å². The Morgan fingerprint density at radius 2 is 1.72 bits per heavy atom. The lowest BCUT2D eigenvalue weighted by atomic mass is 10.1. The predicted octanol–water partition coefficient (Wildman–Crippen LogP) is 3.96. The first-order chi connectivity index (χ1) is 11.9. The Balaban J connectivity index is 2.17. The van der Waals surface area contributed by atoms with Crippen LogP contribution in [-0.2, 0) is 4.79 Å². The molecule has 0 aliphatic rings. The van der Waals surface area contributed by atoms with E-state index < -0.39 is 5.91 Å². The summed E-state index contributed by atoms with van der Waals surface area (Å²) in [7, 11) is 0. The van der Waals surface area contributed by atoms with Gasteiger partial charge in [-0.05, 0) is 44.0 Å². The van der Waals surface area contributed by atoms with Crippen LogP contribution in [0.3, 0.4) is 0 Å². The first kappa shape index (κ1) is 18.0. The normalized spacial score (nSPS) is 10.7. The van der Waals surface area contributed by atoms with Crippen LogP contribution >= 0.6 is 0 Å². The number of benzene rings is 2. The molecule has 0 radical (unpaired) electrons. The third-order valence-corrected chi connectivity index (χ3v) is 3.73. The molecule has 5 heteroatoms. The monoisotopic (exact) mass is 333 g/mol. The molecule has 2 N–H and O–H groups in total. The molecule has 0 aromatic heterocycles. The fraction of sp³-hybridized carbons (Fsp3) is 0.150. The van der Waals surface area contributed by atoms with Crippen molar-refractivity contribution in [2.45, 2.75) is 20.8 Å². The maximum absolute atomic E-state index is 12.3. The minimum Gasteiger partial charge on any atom is -0.360 e. The zero-order valence-corrected chi connectivity index (χ0v) is 14.4. The van der Waals surface area contributed by atoms with Gasteiger partial charge in [-0.1, -0.05) is 30.3 Å². The van der Waals surface area contributed by atoms with Crippen molar-refractivity contribution in [2.24, 2.45) is 0 Å². The molecule has 0 bridgehead atoms. The number of carbonyl (C=O) groups excluding carboxylic acids is 2. The van der Waals surface area contributed by atoms with Crippen LogP contribution in [0.25, 0.3) is 0 Å². The van der Waals surface area contributed by atoms with Crippen molar-refractivity contribution < 1.29 is 9.59 Å². The maximum atomic E-state index is 12.3. The lowest BCUT2D eigenvalue weighted by Gasteiger charge is -2.10. The maximum Gasteiger partial charge on any atom is 0.267 e. The van der Waals surface area contributed by atoms with Gasteiger partial charge in [0, 0.05) is 23.1 Å². The van der Waals surface area contributed by atoms with Crippen molar-refractivity contribution in [3.8, 4) is 6.07 Å². The number of aryl methyl sites for hydroxylation is 2. The predicted molar refractivity (Wildman–Crippen MR) is 98.3 cm³/mol. The Morgan fingerprint density at radius 3 is 2.32 bits per heavy atom. The highest BCUT2D eigenvalue weighted by Crippen LogP contribution is 2.20. The van der Waals surface area contributed by atoms with Crippen molar-refractivity contribution >= 4 is 23.1 Å². The second-order valence-corrected chi connectivity index (χ2v) is 5.67. The Hall–Kier alpha value is -3.39. The van der Waals surface area contributed by atoms with Crippen LogP contribution in [0, 0.1) is 25.2 Å². The standard InChI is InChI=1S/C20H19N3O2/c1-13-6-4-7-14(2)19(13)22-12-17(11-21)20(25)23-18-9-5-8-16(10-18)15(3)24/h4-10,12,22H,1-3H3,(H,23,25)/b17-12-. The van der Waals surface area contributed by atoms with Crippen LogP contribution in [0.1, 0.15) is 28.4 Å². The average Bonchev–Trinajstić information content (AvgIpc) is 2.57. The number of ketones is 1. The van der Waals surface area contributed by atoms with Gasteiger partial charge in [-0.25, -0.2) is 0 Å². The summed E-state index contributed by atoms with van der Waals surface area (Å²) in [5.74, 6) is -0.634. The lowest BCUT2D eigenvalue weighted by molar-refractivity contribution is -0.112. The molecule has 0 spiro atoms. The first-order valence-electron chi connectivity index (χ1n) is 7.77. The number of nitriles is 1. The summed E-state index contributed by atoms with van der Waals surface area (Å²) < 4.78 is 0. The van der Waals surface area contributed by atoms with Gasteiger partial charge in [0.25, 0.3) is 5.91 Å². The van der Waals surface area contributed by atoms with Crippen molar-refractivity contribution in [3.63, 3.8) is 0 Å². The van der Waals surface area contributed by atoms with Gasteiger partial charge < -0.3 is 10.6 Å². The summed E-state index contributed by atoms with van der Waals surface area (Å²) in [6.45, 7) is 5.35. The SMILES string of the molecule is CC(=O)c1cccc(NC(=O)/C(C#N)=C\Nc2c(C)cccc2C)c1. The molecule has 0 saturated carbocycles. The molecule has 0 fully saturated rings. The summed E-state index contributed by atoms with van der Waals surface area (Å²) in [4.78, 5) is 23.7. The van der Waals surface area contributed by atoms with E-state index in [2.05, 4.69) is 10.6 Å². The van der Waals surface area contributed by atoms with Gasteiger partial charge in [0.05, 0.1) is 0 Å². The van der Waals surface area contributed by atoms with E-state index >= 15 is 0 Å². The molecule has 5 nitrogen and oxygen atoms in total. The van der Waals surface area contributed by atoms with Gasteiger partial charge in [-0.2, -0.15) is 5.26 Å². The van der Waals surface area contributed by atoms with Crippen LogP contribution in [0.4, 0.5) is 11.4 Å². The number of hydrogen-bond acceptors (Lipinski definition) is 4. The fourth-order valence-electron chi connectivity index (χ4n) is 2.35. The number of nitrogens with zero attached hydrogens (tertiary/aromatic N) is 1. The molecule has 0 atom stereocenters. The summed E-state index contributed by atoms with van der Waals surface area (Å²) >= 11 is 0. The quantitative estimate of drug-likeness (QED) is 0.493. The van der Waals surface area contributed by atoms with Crippen molar-refractivity contribution in [2.75, 3.05) is 10.6 Å². The minimum atomic E-state index is -0.540. The number of anilines is 2. The third kappa shape index (κ3) is 4.55. The Bertz CT molecular complexity index is 872. The molecular formula is C20H19N3O2. The van der Waals surface area contributed by atoms with Gasteiger partial charge in [-0.3, -0.25) is 9.59 Å².